The maximum absolute atomic E-state index is 13.9. The number of aryl methyl sites for hydroxylation is 1. The summed E-state index contributed by atoms with van der Waals surface area (Å²) in [4.78, 5) is 42.0. The van der Waals surface area contributed by atoms with E-state index in [0.717, 1.165) is 24.3 Å². The second kappa shape index (κ2) is 12.7. The minimum atomic E-state index is -4.88. The molecule has 10 nitrogen and oxygen atoms in total. The van der Waals surface area contributed by atoms with Crippen LogP contribution in [0, 0.1) is 6.92 Å². The topological polar surface area (TPSA) is 119 Å². The third-order valence-corrected chi connectivity index (χ3v) is 7.02. The lowest BCUT2D eigenvalue weighted by molar-refractivity contribution is -0.274. The van der Waals surface area contributed by atoms with Crippen LogP contribution in [-0.2, 0) is 9.53 Å². The highest BCUT2D eigenvalue weighted by atomic mass is 19.4. The molecule has 1 unspecified atom stereocenters. The predicted octanol–water partition coefficient (Wildman–Crippen LogP) is 3.17. The first-order valence-electron chi connectivity index (χ1n) is 12.9. The summed E-state index contributed by atoms with van der Waals surface area (Å²) in [5.41, 5.74) is 0.792. The van der Waals surface area contributed by atoms with Crippen LogP contribution < -0.4 is 25.2 Å². The minimum absolute atomic E-state index is 0.00727. The molecule has 3 atom stereocenters. The van der Waals surface area contributed by atoms with Gasteiger partial charge in [-0.05, 0) is 60.5 Å². The number of pyridine rings is 1. The average molecular weight is 590 g/mol. The molecule has 0 radical (unpaired) electrons. The number of alkyl halides is 3. The Hall–Kier alpha value is -4.36. The van der Waals surface area contributed by atoms with E-state index in [1.54, 1.807) is 37.3 Å². The molecule has 0 bridgehead atoms. The Balaban J connectivity index is 1.69. The van der Waals surface area contributed by atoms with Crippen molar-refractivity contribution < 1.29 is 42.1 Å². The molecule has 3 aromatic rings. The number of nitrogens with one attached hydrogen (secondary N) is 1. The zero-order valence-electron chi connectivity index (χ0n) is 23.1. The van der Waals surface area contributed by atoms with Crippen LogP contribution in [0.2, 0.25) is 0 Å². The number of carbonyl (C=O) groups excluding carboxylic acids is 2. The van der Waals surface area contributed by atoms with Crippen LogP contribution >= 0.6 is 0 Å². The number of rotatable bonds is 10. The molecule has 4 rings (SSSR count). The van der Waals surface area contributed by atoms with E-state index >= 15 is 0 Å². The molecule has 0 aliphatic carbocycles. The van der Waals surface area contributed by atoms with E-state index in [4.69, 9.17) is 9.47 Å². The van der Waals surface area contributed by atoms with Gasteiger partial charge in [0.25, 0.3) is 11.5 Å². The Morgan fingerprint density at radius 2 is 1.69 bits per heavy atom. The second-order valence-corrected chi connectivity index (χ2v) is 9.70. The molecule has 0 saturated carbocycles. The first-order chi connectivity index (χ1) is 20.0. The Labute approximate surface area is 239 Å². The van der Waals surface area contributed by atoms with Gasteiger partial charge in [0.15, 0.2) is 0 Å². The summed E-state index contributed by atoms with van der Waals surface area (Å²) in [7, 11) is 2.95. The van der Waals surface area contributed by atoms with Crippen molar-refractivity contribution in [2.45, 2.75) is 31.3 Å². The lowest BCUT2D eigenvalue weighted by Crippen LogP contribution is -2.45. The number of methoxy groups -OCH3 is 2. The Morgan fingerprint density at radius 3 is 2.26 bits per heavy atom. The van der Waals surface area contributed by atoms with E-state index < -0.39 is 47.5 Å². The van der Waals surface area contributed by atoms with Gasteiger partial charge in [-0.3, -0.25) is 14.4 Å². The summed E-state index contributed by atoms with van der Waals surface area (Å²) in [5, 5.41) is 12.5. The molecule has 13 heteroatoms. The number of aromatic nitrogens is 1. The molecular formula is C29H30F3N3O7. The highest BCUT2D eigenvalue weighted by Crippen LogP contribution is 2.34. The molecular weight excluding hydrogens is 559 g/mol. The number of benzene rings is 2. The third-order valence-electron chi connectivity index (χ3n) is 7.02. The van der Waals surface area contributed by atoms with E-state index in [1.165, 1.54) is 29.9 Å². The van der Waals surface area contributed by atoms with Crippen molar-refractivity contribution in [2.24, 2.45) is 0 Å². The molecule has 224 valence electrons. The van der Waals surface area contributed by atoms with Crippen molar-refractivity contribution in [1.29, 1.82) is 0 Å². The van der Waals surface area contributed by atoms with Gasteiger partial charge >= 0.3 is 6.36 Å². The number of halogens is 3. The van der Waals surface area contributed by atoms with Crippen molar-refractivity contribution in [2.75, 3.05) is 38.9 Å². The zero-order chi connectivity index (χ0) is 30.6. The SMILES string of the molecule is COCC(CO)n1ccc(C)c(N2C[C@@H](c3ccc(OC)cc3)[C@H](NC(=O)c3ccc(OC(F)(F)F)cc3)C2=O)c1=O. The quantitative estimate of drug-likeness (QED) is 0.373. The molecule has 1 aliphatic rings. The number of nitrogens with zero attached hydrogens (tertiary/aromatic N) is 2. The molecule has 2 aromatic carbocycles. The fraction of sp³-hybridized carbons (Fsp3) is 0.345. The average Bonchev–Trinajstić information content (AvgIpc) is 3.27. The molecule has 1 fully saturated rings. The fourth-order valence-electron chi connectivity index (χ4n) is 4.94. The molecule has 1 aliphatic heterocycles. The molecule has 42 heavy (non-hydrogen) atoms. The Morgan fingerprint density at radius 1 is 1.05 bits per heavy atom. The number of hydrogen-bond acceptors (Lipinski definition) is 7. The number of carbonyl (C=O) groups is 2. The predicted molar refractivity (Wildman–Crippen MR) is 146 cm³/mol. The van der Waals surface area contributed by atoms with Gasteiger partial charge in [-0.15, -0.1) is 13.2 Å². The van der Waals surface area contributed by atoms with E-state index in [0.29, 0.717) is 16.9 Å². The van der Waals surface area contributed by atoms with Crippen molar-refractivity contribution in [3.8, 4) is 11.5 Å². The monoisotopic (exact) mass is 589 g/mol. The molecule has 2 amide bonds. The van der Waals surface area contributed by atoms with Gasteiger partial charge in [0, 0.05) is 31.3 Å². The molecule has 2 N–H and O–H groups in total. The van der Waals surface area contributed by atoms with Gasteiger partial charge < -0.3 is 34.1 Å². The second-order valence-electron chi connectivity index (χ2n) is 9.70. The molecule has 1 saturated heterocycles. The maximum atomic E-state index is 13.9. The van der Waals surface area contributed by atoms with Crippen molar-refractivity contribution in [3.05, 3.63) is 87.8 Å². The fourth-order valence-corrected chi connectivity index (χ4v) is 4.94. The van der Waals surface area contributed by atoms with Crippen LogP contribution in [0.4, 0.5) is 18.9 Å². The summed E-state index contributed by atoms with van der Waals surface area (Å²) < 4.78 is 53.1. The minimum Gasteiger partial charge on any atom is -0.497 e. The van der Waals surface area contributed by atoms with Crippen LogP contribution in [0.5, 0.6) is 11.5 Å². The van der Waals surface area contributed by atoms with Gasteiger partial charge in [-0.1, -0.05) is 12.1 Å². The largest absolute Gasteiger partial charge is 0.573 e. The number of aliphatic hydroxyl groups is 1. The van der Waals surface area contributed by atoms with Crippen molar-refractivity contribution in [3.63, 3.8) is 0 Å². The Bertz CT molecular complexity index is 1470. The number of aliphatic hydroxyl groups excluding tert-OH is 1. The van der Waals surface area contributed by atoms with E-state index in [1.807, 2.05) is 0 Å². The smallest absolute Gasteiger partial charge is 0.497 e. The van der Waals surface area contributed by atoms with Crippen molar-refractivity contribution >= 4 is 17.5 Å². The lowest BCUT2D eigenvalue weighted by Gasteiger charge is -2.23. The van der Waals surface area contributed by atoms with Gasteiger partial charge in [-0.25, -0.2) is 0 Å². The third kappa shape index (κ3) is 6.58. The Kier molecular flexibility index (Phi) is 9.22. The summed E-state index contributed by atoms with van der Waals surface area (Å²) in [5.74, 6) is -1.76. The maximum Gasteiger partial charge on any atom is 0.573 e. The van der Waals surface area contributed by atoms with Gasteiger partial charge in [0.1, 0.15) is 23.2 Å². The van der Waals surface area contributed by atoms with Crippen LogP contribution in [0.15, 0.2) is 65.6 Å². The summed E-state index contributed by atoms with van der Waals surface area (Å²) >= 11 is 0. The van der Waals surface area contributed by atoms with Gasteiger partial charge in [-0.2, -0.15) is 0 Å². The normalized spacial score (nSPS) is 17.7. The van der Waals surface area contributed by atoms with E-state index in [2.05, 4.69) is 10.1 Å². The molecule has 0 spiro atoms. The van der Waals surface area contributed by atoms with Crippen LogP contribution in [0.25, 0.3) is 0 Å². The highest BCUT2D eigenvalue weighted by Gasteiger charge is 2.44. The number of anilines is 1. The standard InChI is InChI=1S/C29H30F3N3O7/c1-17-12-13-34(20(15-36)16-40-2)28(39)25(17)35-14-23(18-4-8-21(41-3)9-5-18)24(27(35)38)33-26(37)19-6-10-22(11-7-19)42-29(30,31)32/h4-13,20,23-24,36H,14-16H2,1-3H3,(H,33,37)/t20?,23-,24-/m0/s1. The summed E-state index contributed by atoms with van der Waals surface area (Å²) in [6.45, 7) is 1.41. The molecule has 1 aromatic heterocycles. The van der Waals surface area contributed by atoms with Crippen LogP contribution in [0.3, 0.4) is 0 Å². The zero-order valence-corrected chi connectivity index (χ0v) is 23.1. The number of amides is 2. The number of ether oxygens (including phenoxy) is 3. The molecule has 2 heterocycles. The summed E-state index contributed by atoms with van der Waals surface area (Å²) in [6, 6.07) is 11.1. The van der Waals surface area contributed by atoms with E-state index in [9.17, 15) is 32.7 Å². The number of hydrogen-bond donors (Lipinski definition) is 2. The first-order valence-corrected chi connectivity index (χ1v) is 12.9. The van der Waals surface area contributed by atoms with Gasteiger partial charge in [0.05, 0.1) is 26.4 Å². The van der Waals surface area contributed by atoms with E-state index in [-0.39, 0.29) is 31.0 Å². The van der Waals surface area contributed by atoms with Crippen LogP contribution in [0.1, 0.15) is 33.4 Å². The highest BCUT2D eigenvalue weighted by molar-refractivity contribution is 6.05. The summed E-state index contributed by atoms with van der Waals surface area (Å²) in [6.07, 6.45) is -3.36. The lowest BCUT2D eigenvalue weighted by atomic mass is 9.93. The van der Waals surface area contributed by atoms with Crippen molar-refractivity contribution in [1.82, 2.24) is 9.88 Å². The van der Waals surface area contributed by atoms with Gasteiger partial charge in [0.2, 0.25) is 5.91 Å². The first kappa shape index (κ1) is 30.6. The van der Waals surface area contributed by atoms with Crippen LogP contribution in [-0.4, -0.2) is 67.9 Å².